The van der Waals surface area contributed by atoms with Crippen LogP contribution in [0, 0.1) is 11.3 Å². The van der Waals surface area contributed by atoms with Crippen molar-refractivity contribution in [1.29, 1.82) is 0 Å². The zero-order chi connectivity index (χ0) is 11.5. The Morgan fingerprint density at radius 3 is 2.53 bits per heavy atom. The smallest absolute Gasteiger partial charge is 0.116 e. The summed E-state index contributed by atoms with van der Waals surface area (Å²) in [5.41, 5.74) is 0.218. The number of halogens is 1. The van der Waals surface area contributed by atoms with Gasteiger partial charge >= 0.3 is 0 Å². The monoisotopic (exact) mass is 215 g/mol. The lowest BCUT2D eigenvalue weighted by Gasteiger charge is -2.43. The molecule has 0 saturated carbocycles. The van der Waals surface area contributed by atoms with Crippen LogP contribution in [0.15, 0.2) is 0 Å². The predicted molar refractivity (Wildman–Crippen MR) is 63.8 cm³/mol. The van der Waals surface area contributed by atoms with Gasteiger partial charge < -0.3 is 4.90 Å². The van der Waals surface area contributed by atoms with Crippen molar-refractivity contribution in [2.75, 3.05) is 20.1 Å². The predicted octanol–water partition coefficient (Wildman–Crippen LogP) is 3.49. The van der Waals surface area contributed by atoms with E-state index in [4.69, 9.17) is 0 Å². The third kappa shape index (κ3) is 2.93. The molecule has 1 fully saturated rings. The van der Waals surface area contributed by atoms with Crippen molar-refractivity contribution in [2.45, 2.75) is 52.6 Å². The van der Waals surface area contributed by atoms with Gasteiger partial charge in [-0.25, -0.2) is 4.39 Å². The van der Waals surface area contributed by atoms with Crippen LogP contribution in [-0.4, -0.2) is 31.2 Å². The lowest BCUT2D eigenvalue weighted by atomic mass is 9.67. The first-order valence-corrected chi connectivity index (χ1v) is 6.36. The van der Waals surface area contributed by atoms with E-state index >= 15 is 0 Å². The average Bonchev–Trinajstić information content (AvgIpc) is 2.17. The Hall–Kier alpha value is -0.110. The zero-order valence-electron chi connectivity index (χ0n) is 10.7. The van der Waals surface area contributed by atoms with Crippen LogP contribution < -0.4 is 0 Å². The molecule has 1 rings (SSSR count). The zero-order valence-corrected chi connectivity index (χ0v) is 10.7. The summed E-state index contributed by atoms with van der Waals surface area (Å²) in [6, 6.07) is 0. The highest BCUT2D eigenvalue weighted by molar-refractivity contribution is 4.90. The Morgan fingerprint density at radius 2 is 2.07 bits per heavy atom. The van der Waals surface area contributed by atoms with Crippen LogP contribution in [0.2, 0.25) is 0 Å². The van der Waals surface area contributed by atoms with Gasteiger partial charge in [-0.05, 0) is 37.8 Å². The number of likely N-dealkylation sites (tertiary alicyclic amines) is 1. The topological polar surface area (TPSA) is 3.24 Å². The van der Waals surface area contributed by atoms with Crippen molar-refractivity contribution in [3.63, 3.8) is 0 Å². The molecule has 0 aromatic carbocycles. The summed E-state index contributed by atoms with van der Waals surface area (Å²) in [6.45, 7) is 8.38. The maximum Gasteiger partial charge on any atom is 0.116 e. The summed E-state index contributed by atoms with van der Waals surface area (Å²) in [4.78, 5) is 2.11. The van der Waals surface area contributed by atoms with E-state index in [1.54, 1.807) is 0 Å². The van der Waals surface area contributed by atoms with Gasteiger partial charge in [0.05, 0.1) is 0 Å². The van der Waals surface area contributed by atoms with E-state index in [2.05, 4.69) is 25.7 Å². The maximum absolute atomic E-state index is 14.1. The normalized spacial score (nSPS) is 32.6. The Kier molecular flexibility index (Phi) is 4.57. The summed E-state index contributed by atoms with van der Waals surface area (Å²) in [6.07, 6.45) is 3.85. The fourth-order valence-corrected chi connectivity index (χ4v) is 3.04. The van der Waals surface area contributed by atoms with Crippen LogP contribution in [-0.2, 0) is 0 Å². The Labute approximate surface area is 94.0 Å². The molecule has 2 heteroatoms. The molecule has 0 N–H and O–H groups in total. The fourth-order valence-electron chi connectivity index (χ4n) is 3.04. The van der Waals surface area contributed by atoms with Gasteiger partial charge in [0.1, 0.15) is 6.17 Å². The minimum atomic E-state index is -0.625. The van der Waals surface area contributed by atoms with Crippen LogP contribution in [0.5, 0.6) is 0 Å². The van der Waals surface area contributed by atoms with Crippen LogP contribution >= 0.6 is 0 Å². The van der Waals surface area contributed by atoms with Gasteiger partial charge in [0, 0.05) is 6.54 Å². The first-order chi connectivity index (χ1) is 7.03. The molecule has 1 aliphatic heterocycles. The van der Waals surface area contributed by atoms with E-state index in [-0.39, 0.29) is 11.3 Å². The number of nitrogens with zero attached hydrogens (tertiary/aromatic N) is 1. The maximum atomic E-state index is 14.1. The minimum Gasteiger partial charge on any atom is -0.303 e. The van der Waals surface area contributed by atoms with E-state index in [9.17, 15) is 4.39 Å². The highest BCUT2D eigenvalue weighted by atomic mass is 19.1. The van der Waals surface area contributed by atoms with Crippen molar-refractivity contribution in [2.24, 2.45) is 11.3 Å². The number of piperidine rings is 1. The standard InChI is InChI=1S/C13H26FN/c1-5-8-13(3,6-2)11-7-9-15(4)10-12(11)14/h11-12H,5-10H2,1-4H3. The second-order valence-corrected chi connectivity index (χ2v) is 5.43. The van der Waals surface area contributed by atoms with Crippen molar-refractivity contribution in [1.82, 2.24) is 4.90 Å². The fraction of sp³-hybridized carbons (Fsp3) is 1.00. The molecule has 3 atom stereocenters. The van der Waals surface area contributed by atoms with Gasteiger partial charge in [0.25, 0.3) is 0 Å². The molecular weight excluding hydrogens is 189 g/mol. The van der Waals surface area contributed by atoms with Crippen molar-refractivity contribution in [3.8, 4) is 0 Å². The summed E-state index contributed by atoms with van der Waals surface area (Å²) in [5.74, 6) is 0.277. The van der Waals surface area contributed by atoms with Crippen LogP contribution in [0.1, 0.15) is 46.5 Å². The highest BCUT2D eigenvalue weighted by Crippen LogP contribution is 2.42. The Balaban J connectivity index is 2.67. The van der Waals surface area contributed by atoms with Crippen LogP contribution in [0.4, 0.5) is 4.39 Å². The molecule has 1 nitrogen and oxygen atoms in total. The molecular formula is C13H26FN. The number of alkyl halides is 1. The SMILES string of the molecule is CCCC(C)(CC)C1CCN(C)CC1F. The molecule has 0 amide bonds. The van der Waals surface area contributed by atoms with Crippen molar-refractivity contribution in [3.05, 3.63) is 0 Å². The number of hydrogen-bond acceptors (Lipinski definition) is 1. The van der Waals surface area contributed by atoms with Gasteiger partial charge in [-0.3, -0.25) is 0 Å². The molecule has 0 aromatic rings. The van der Waals surface area contributed by atoms with Crippen LogP contribution in [0.25, 0.3) is 0 Å². The first-order valence-electron chi connectivity index (χ1n) is 6.36. The molecule has 0 bridgehead atoms. The van der Waals surface area contributed by atoms with Crippen molar-refractivity contribution >= 4 is 0 Å². The summed E-state index contributed by atoms with van der Waals surface area (Å²) in [7, 11) is 2.02. The van der Waals surface area contributed by atoms with Gasteiger partial charge in [0.15, 0.2) is 0 Å². The average molecular weight is 215 g/mol. The molecule has 0 radical (unpaired) electrons. The highest BCUT2D eigenvalue weighted by Gasteiger charge is 2.39. The molecule has 1 aliphatic rings. The van der Waals surface area contributed by atoms with E-state index in [0.717, 1.165) is 25.8 Å². The van der Waals surface area contributed by atoms with Crippen molar-refractivity contribution < 1.29 is 4.39 Å². The Bertz CT molecular complexity index is 195. The third-order valence-electron chi connectivity index (χ3n) is 4.27. The molecule has 0 aliphatic carbocycles. The van der Waals surface area contributed by atoms with Crippen LogP contribution in [0.3, 0.4) is 0 Å². The second kappa shape index (κ2) is 5.29. The third-order valence-corrected chi connectivity index (χ3v) is 4.27. The number of rotatable bonds is 4. The summed E-state index contributed by atoms with van der Waals surface area (Å²) >= 11 is 0. The molecule has 3 unspecified atom stereocenters. The van der Waals surface area contributed by atoms with Gasteiger partial charge in [-0.1, -0.05) is 33.6 Å². The molecule has 0 aromatic heterocycles. The minimum absolute atomic E-state index is 0.218. The molecule has 1 saturated heterocycles. The van der Waals surface area contributed by atoms with Gasteiger partial charge in [-0.2, -0.15) is 0 Å². The van der Waals surface area contributed by atoms with Gasteiger partial charge in [0.2, 0.25) is 0 Å². The summed E-state index contributed by atoms with van der Waals surface area (Å²) in [5, 5.41) is 0. The van der Waals surface area contributed by atoms with E-state index in [1.165, 1.54) is 6.42 Å². The quantitative estimate of drug-likeness (QED) is 0.694. The van der Waals surface area contributed by atoms with Gasteiger partial charge in [-0.15, -0.1) is 0 Å². The lowest BCUT2D eigenvalue weighted by molar-refractivity contribution is 0.0111. The van der Waals surface area contributed by atoms with E-state index in [0.29, 0.717) is 6.54 Å². The Morgan fingerprint density at radius 1 is 1.40 bits per heavy atom. The molecule has 90 valence electrons. The van der Waals surface area contributed by atoms with E-state index in [1.807, 2.05) is 7.05 Å². The van der Waals surface area contributed by atoms with E-state index < -0.39 is 6.17 Å². The first kappa shape index (κ1) is 13.0. The second-order valence-electron chi connectivity index (χ2n) is 5.43. The molecule has 0 spiro atoms. The number of hydrogen-bond donors (Lipinski definition) is 0. The lowest BCUT2D eigenvalue weighted by Crippen LogP contribution is -2.46. The largest absolute Gasteiger partial charge is 0.303 e. The molecule has 15 heavy (non-hydrogen) atoms. The molecule has 1 heterocycles. The summed E-state index contributed by atoms with van der Waals surface area (Å²) < 4.78 is 14.1.